The fourth-order valence-electron chi connectivity index (χ4n) is 1.58. The molecule has 1 rings (SSSR count). The number of carbonyl (C=O) groups excluding carboxylic acids is 1. The van der Waals surface area contributed by atoms with Crippen LogP contribution in [0.5, 0.6) is 0 Å². The summed E-state index contributed by atoms with van der Waals surface area (Å²) >= 11 is 3.36. The summed E-state index contributed by atoms with van der Waals surface area (Å²) in [6.45, 7) is 0.816. The third-order valence-electron chi connectivity index (χ3n) is 2.49. The van der Waals surface area contributed by atoms with Gasteiger partial charge in [-0.15, -0.1) is 0 Å². The molecule has 104 valence electrons. The highest BCUT2D eigenvalue weighted by Crippen LogP contribution is 2.20. The molecule has 0 spiro atoms. The highest BCUT2D eigenvalue weighted by atomic mass is 79.9. The fourth-order valence-corrected chi connectivity index (χ4v) is 1.96. The third-order valence-corrected chi connectivity index (χ3v) is 3.18. The number of rotatable bonds is 7. The molecule has 0 aliphatic heterocycles. The fraction of sp³-hybridized carbons (Fsp3) is 0.385. The molecule has 0 bridgehead atoms. The lowest BCUT2D eigenvalue weighted by Gasteiger charge is -2.16. The molecule has 0 fully saturated rings. The summed E-state index contributed by atoms with van der Waals surface area (Å²) < 4.78 is 0.830. The Morgan fingerprint density at radius 3 is 2.68 bits per heavy atom. The Kier molecular flexibility index (Phi) is 6.52. The SMILES string of the molecule is CN(CCCC(=O)O)CC(=O)Nc1ccccc1Br. The van der Waals surface area contributed by atoms with Crippen molar-refractivity contribution >= 4 is 33.5 Å². The molecule has 5 nitrogen and oxygen atoms in total. The van der Waals surface area contributed by atoms with Crippen molar-refractivity contribution in [2.45, 2.75) is 12.8 Å². The standard InChI is InChI=1S/C13H17BrN2O3/c1-16(8-4-7-13(18)19)9-12(17)15-11-6-3-2-5-10(11)14/h2-3,5-6H,4,7-9H2,1H3,(H,15,17)(H,18,19). The first-order chi connectivity index (χ1) is 8.99. The number of hydrogen-bond acceptors (Lipinski definition) is 3. The quantitative estimate of drug-likeness (QED) is 0.804. The van der Waals surface area contributed by atoms with Crippen molar-refractivity contribution in [3.05, 3.63) is 28.7 Å². The lowest BCUT2D eigenvalue weighted by atomic mass is 10.3. The molecular weight excluding hydrogens is 312 g/mol. The highest BCUT2D eigenvalue weighted by Gasteiger charge is 2.08. The van der Waals surface area contributed by atoms with Gasteiger partial charge in [0.05, 0.1) is 12.2 Å². The molecule has 0 radical (unpaired) electrons. The predicted octanol–water partition coefficient (Wildman–Crippen LogP) is 2.18. The third kappa shape index (κ3) is 6.35. The number of hydrogen-bond donors (Lipinski definition) is 2. The van der Waals surface area contributed by atoms with Gasteiger partial charge in [0.15, 0.2) is 0 Å². The van der Waals surface area contributed by atoms with E-state index in [1.54, 1.807) is 11.9 Å². The van der Waals surface area contributed by atoms with Crippen molar-refractivity contribution in [3.63, 3.8) is 0 Å². The minimum Gasteiger partial charge on any atom is -0.481 e. The minimum atomic E-state index is -0.814. The predicted molar refractivity (Wildman–Crippen MR) is 77.1 cm³/mol. The second kappa shape index (κ2) is 7.91. The summed E-state index contributed by atoms with van der Waals surface area (Å²) in [5, 5.41) is 11.3. The summed E-state index contributed by atoms with van der Waals surface area (Å²) in [6, 6.07) is 7.38. The molecule has 0 saturated heterocycles. The van der Waals surface area contributed by atoms with E-state index < -0.39 is 5.97 Å². The summed E-state index contributed by atoms with van der Waals surface area (Å²) in [5.41, 5.74) is 0.728. The number of para-hydroxylation sites is 1. The zero-order chi connectivity index (χ0) is 14.3. The largest absolute Gasteiger partial charge is 0.481 e. The van der Waals surface area contributed by atoms with E-state index in [9.17, 15) is 9.59 Å². The zero-order valence-electron chi connectivity index (χ0n) is 10.7. The van der Waals surface area contributed by atoms with Crippen LogP contribution in [0, 0.1) is 0 Å². The van der Waals surface area contributed by atoms with Crippen LogP contribution in [-0.4, -0.2) is 42.0 Å². The number of carboxylic acid groups (broad SMARTS) is 1. The van der Waals surface area contributed by atoms with E-state index in [1.807, 2.05) is 24.3 Å². The van der Waals surface area contributed by atoms with Crippen LogP contribution in [0.15, 0.2) is 28.7 Å². The van der Waals surface area contributed by atoms with Crippen molar-refractivity contribution in [2.24, 2.45) is 0 Å². The van der Waals surface area contributed by atoms with Crippen LogP contribution in [0.1, 0.15) is 12.8 Å². The van der Waals surface area contributed by atoms with Gasteiger partial charge in [0, 0.05) is 10.9 Å². The van der Waals surface area contributed by atoms with E-state index in [1.165, 1.54) is 0 Å². The van der Waals surface area contributed by atoms with Crippen LogP contribution in [0.4, 0.5) is 5.69 Å². The maximum absolute atomic E-state index is 11.8. The maximum atomic E-state index is 11.8. The maximum Gasteiger partial charge on any atom is 0.303 e. The second-order valence-corrected chi connectivity index (χ2v) is 5.12. The van der Waals surface area contributed by atoms with Crippen molar-refractivity contribution in [3.8, 4) is 0 Å². The Morgan fingerprint density at radius 1 is 1.37 bits per heavy atom. The van der Waals surface area contributed by atoms with Gasteiger partial charge in [-0.1, -0.05) is 12.1 Å². The summed E-state index contributed by atoms with van der Waals surface area (Å²) in [5.74, 6) is -0.934. The second-order valence-electron chi connectivity index (χ2n) is 4.26. The summed E-state index contributed by atoms with van der Waals surface area (Å²) in [4.78, 5) is 24.0. The molecular formula is C13H17BrN2O3. The lowest BCUT2D eigenvalue weighted by molar-refractivity contribution is -0.137. The number of aliphatic carboxylic acids is 1. The molecule has 0 atom stereocenters. The van der Waals surface area contributed by atoms with E-state index in [4.69, 9.17) is 5.11 Å². The highest BCUT2D eigenvalue weighted by molar-refractivity contribution is 9.10. The first-order valence-corrected chi connectivity index (χ1v) is 6.73. The molecule has 0 aliphatic rings. The van der Waals surface area contributed by atoms with Gasteiger partial charge in [0.1, 0.15) is 0 Å². The first-order valence-electron chi connectivity index (χ1n) is 5.93. The van der Waals surface area contributed by atoms with Gasteiger partial charge in [-0.05, 0) is 48.1 Å². The van der Waals surface area contributed by atoms with Gasteiger partial charge in [-0.3, -0.25) is 14.5 Å². The van der Waals surface area contributed by atoms with Crippen LogP contribution in [0.25, 0.3) is 0 Å². The van der Waals surface area contributed by atoms with Gasteiger partial charge in [0.2, 0.25) is 5.91 Å². The molecule has 1 aromatic rings. The van der Waals surface area contributed by atoms with E-state index in [0.717, 1.165) is 10.2 Å². The van der Waals surface area contributed by atoms with Crippen molar-refractivity contribution in [1.82, 2.24) is 4.90 Å². The number of carbonyl (C=O) groups is 2. The Hall–Kier alpha value is -1.40. The van der Waals surface area contributed by atoms with E-state index in [0.29, 0.717) is 13.0 Å². The lowest BCUT2D eigenvalue weighted by Crippen LogP contribution is -2.31. The molecule has 2 N–H and O–H groups in total. The number of nitrogens with zero attached hydrogens (tertiary/aromatic N) is 1. The number of nitrogens with one attached hydrogen (secondary N) is 1. The molecule has 19 heavy (non-hydrogen) atoms. The topological polar surface area (TPSA) is 69.6 Å². The van der Waals surface area contributed by atoms with Gasteiger partial charge >= 0.3 is 5.97 Å². The number of amides is 1. The number of carboxylic acids is 1. The molecule has 1 amide bonds. The number of anilines is 1. The number of benzene rings is 1. The van der Waals surface area contributed by atoms with Gasteiger partial charge in [0.25, 0.3) is 0 Å². The zero-order valence-corrected chi connectivity index (χ0v) is 12.3. The van der Waals surface area contributed by atoms with Crippen LogP contribution < -0.4 is 5.32 Å². The molecule has 0 unspecified atom stereocenters. The summed E-state index contributed by atoms with van der Waals surface area (Å²) in [7, 11) is 1.79. The Balaban J connectivity index is 2.35. The van der Waals surface area contributed by atoms with Gasteiger partial charge in [-0.2, -0.15) is 0 Å². The van der Waals surface area contributed by atoms with Crippen LogP contribution in [0.3, 0.4) is 0 Å². The van der Waals surface area contributed by atoms with Crippen LogP contribution in [0.2, 0.25) is 0 Å². The van der Waals surface area contributed by atoms with E-state index in [-0.39, 0.29) is 18.9 Å². The Bertz CT molecular complexity index is 451. The van der Waals surface area contributed by atoms with Gasteiger partial charge < -0.3 is 10.4 Å². The Labute approximate surface area is 120 Å². The van der Waals surface area contributed by atoms with Crippen molar-refractivity contribution in [1.29, 1.82) is 0 Å². The molecule has 0 aromatic heterocycles. The van der Waals surface area contributed by atoms with E-state index in [2.05, 4.69) is 21.2 Å². The average Bonchev–Trinajstić information content (AvgIpc) is 2.31. The molecule has 0 aliphatic carbocycles. The monoisotopic (exact) mass is 328 g/mol. The molecule has 0 saturated carbocycles. The van der Waals surface area contributed by atoms with Crippen molar-refractivity contribution in [2.75, 3.05) is 25.5 Å². The van der Waals surface area contributed by atoms with Crippen molar-refractivity contribution < 1.29 is 14.7 Å². The molecule has 6 heteroatoms. The Morgan fingerprint density at radius 2 is 2.05 bits per heavy atom. The number of halogens is 1. The normalized spacial score (nSPS) is 10.5. The van der Waals surface area contributed by atoms with Gasteiger partial charge in [-0.25, -0.2) is 0 Å². The van der Waals surface area contributed by atoms with Crippen LogP contribution >= 0.6 is 15.9 Å². The van der Waals surface area contributed by atoms with E-state index >= 15 is 0 Å². The first kappa shape index (κ1) is 15.7. The molecule has 1 aromatic carbocycles. The number of likely N-dealkylation sites (N-methyl/N-ethyl adjacent to an activating group) is 1. The minimum absolute atomic E-state index is 0.121. The average molecular weight is 329 g/mol. The summed E-state index contributed by atoms with van der Waals surface area (Å²) in [6.07, 6.45) is 0.657. The van der Waals surface area contributed by atoms with Crippen LogP contribution in [-0.2, 0) is 9.59 Å². The molecule has 0 heterocycles. The smallest absolute Gasteiger partial charge is 0.303 e.